The molecule has 1 fully saturated rings. The molecule has 0 radical (unpaired) electrons. The standard InChI is InChI=1S/C17H20N4O4/c1-25-14-4-2-12(3-5-14)10-21-9-7-15(19-21)18-17(24)20-8-6-13(11-20)16(22)23/h2-5,7,9,13H,6,8,10-11H2,1H3,(H,22,23)(H,18,19,24). The first-order chi connectivity index (χ1) is 12.0. The number of rotatable bonds is 5. The zero-order valence-corrected chi connectivity index (χ0v) is 13.9. The summed E-state index contributed by atoms with van der Waals surface area (Å²) in [4.78, 5) is 24.6. The lowest BCUT2D eigenvalue weighted by Crippen LogP contribution is -2.33. The fourth-order valence-electron chi connectivity index (χ4n) is 2.77. The summed E-state index contributed by atoms with van der Waals surface area (Å²) in [5.74, 6) is -0.114. The summed E-state index contributed by atoms with van der Waals surface area (Å²) in [5.41, 5.74) is 1.06. The summed E-state index contributed by atoms with van der Waals surface area (Å²) in [6, 6.07) is 9.07. The molecule has 2 heterocycles. The van der Waals surface area contributed by atoms with Gasteiger partial charge in [-0.25, -0.2) is 4.79 Å². The number of methoxy groups -OCH3 is 1. The van der Waals surface area contributed by atoms with E-state index in [1.165, 1.54) is 4.90 Å². The zero-order valence-electron chi connectivity index (χ0n) is 13.9. The van der Waals surface area contributed by atoms with E-state index in [1.54, 1.807) is 24.1 Å². The van der Waals surface area contributed by atoms with Crippen LogP contribution < -0.4 is 10.1 Å². The van der Waals surface area contributed by atoms with E-state index in [2.05, 4.69) is 10.4 Å². The molecule has 0 bridgehead atoms. The Morgan fingerprint density at radius 2 is 2.08 bits per heavy atom. The average molecular weight is 344 g/mol. The minimum atomic E-state index is -0.862. The third-order valence-corrected chi connectivity index (χ3v) is 4.20. The molecule has 0 spiro atoms. The molecule has 0 aliphatic carbocycles. The van der Waals surface area contributed by atoms with Crippen molar-refractivity contribution in [2.45, 2.75) is 13.0 Å². The fraction of sp³-hybridized carbons (Fsp3) is 0.353. The Morgan fingerprint density at radius 1 is 1.32 bits per heavy atom. The van der Waals surface area contributed by atoms with E-state index in [0.29, 0.717) is 25.3 Å². The van der Waals surface area contributed by atoms with Crippen LogP contribution in [0.4, 0.5) is 10.6 Å². The molecule has 0 saturated carbocycles. The Balaban J connectivity index is 1.56. The second-order valence-corrected chi connectivity index (χ2v) is 5.95. The van der Waals surface area contributed by atoms with Crippen molar-refractivity contribution >= 4 is 17.8 Å². The molecular weight excluding hydrogens is 324 g/mol. The molecule has 1 aliphatic rings. The third kappa shape index (κ3) is 4.09. The van der Waals surface area contributed by atoms with Gasteiger partial charge < -0.3 is 14.7 Å². The maximum absolute atomic E-state index is 12.2. The van der Waals surface area contributed by atoms with E-state index >= 15 is 0 Å². The van der Waals surface area contributed by atoms with Crippen LogP contribution in [0.5, 0.6) is 5.75 Å². The van der Waals surface area contributed by atoms with E-state index in [4.69, 9.17) is 9.84 Å². The molecule has 8 heteroatoms. The first-order valence-electron chi connectivity index (χ1n) is 8.00. The van der Waals surface area contributed by atoms with Crippen molar-refractivity contribution in [3.63, 3.8) is 0 Å². The Bertz CT molecular complexity index is 756. The molecule has 2 N–H and O–H groups in total. The maximum atomic E-state index is 12.2. The minimum Gasteiger partial charge on any atom is -0.497 e. The number of carboxylic acids is 1. The number of carbonyl (C=O) groups excluding carboxylic acids is 1. The number of hydrogen-bond donors (Lipinski definition) is 2. The van der Waals surface area contributed by atoms with Crippen LogP contribution in [0.3, 0.4) is 0 Å². The van der Waals surface area contributed by atoms with Crippen LogP contribution in [0.15, 0.2) is 36.5 Å². The summed E-state index contributed by atoms with van der Waals surface area (Å²) in [7, 11) is 1.62. The molecule has 2 amide bonds. The number of urea groups is 1. The average Bonchev–Trinajstić information content (AvgIpc) is 3.25. The van der Waals surface area contributed by atoms with Crippen LogP contribution in [-0.2, 0) is 11.3 Å². The molecule has 1 atom stereocenters. The van der Waals surface area contributed by atoms with Gasteiger partial charge in [-0.05, 0) is 24.1 Å². The number of aliphatic carboxylic acids is 1. The van der Waals surface area contributed by atoms with Gasteiger partial charge in [-0.3, -0.25) is 14.8 Å². The predicted octanol–water partition coefficient (Wildman–Crippen LogP) is 1.88. The van der Waals surface area contributed by atoms with Gasteiger partial charge in [0.1, 0.15) is 5.75 Å². The first-order valence-corrected chi connectivity index (χ1v) is 8.00. The van der Waals surface area contributed by atoms with Crippen LogP contribution in [0.1, 0.15) is 12.0 Å². The molecular formula is C17H20N4O4. The van der Waals surface area contributed by atoms with Crippen LogP contribution in [0.25, 0.3) is 0 Å². The van der Waals surface area contributed by atoms with Crippen molar-refractivity contribution < 1.29 is 19.4 Å². The molecule has 1 saturated heterocycles. The number of amides is 2. The van der Waals surface area contributed by atoms with E-state index < -0.39 is 11.9 Å². The Hall–Kier alpha value is -3.03. The summed E-state index contributed by atoms with van der Waals surface area (Å²) in [6.45, 7) is 1.24. The highest BCUT2D eigenvalue weighted by atomic mass is 16.5. The zero-order chi connectivity index (χ0) is 17.8. The van der Waals surface area contributed by atoms with Gasteiger partial charge in [0.25, 0.3) is 0 Å². The molecule has 132 valence electrons. The normalized spacial score (nSPS) is 16.7. The third-order valence-electron chi connectivity index (χ3n) is 4.20. The summed E-state index contributed by atoms with van der Waals surface area (Å²) >= 11 is 0. The van der Waals surface area contributed by atoms with E-state index in [-0.39, 0.29) is 12.6 Å². The smallest absolute Gasteiger partial charge is 0.323 e. The van der Waals surface area contributed by atoms with Crippen molar-refractivity contribution in [2.24, 2.45) is 5.92 Å². The van der Waals surface area contributed by atoms with E-state index in [1.807, 2.05) is 24.3 Å². The van der Waals surface area contributed by atoms with Gasteiger partial charge in [-0.15, -0.1) is 0 Å². The molecule has 2 aromatic rings. The number of hydrogen-bond acceptors (Lipinski definition) is 4. The van der Waals surface area contributed by atoms with Crippen molar-refractivity contribution in [3.05, 3.63) is 42.1 Å². The molecule has 8 nitrogen and oxygen atoms in total. The van der Waals surface area contributed by atoms with E-state index in [9.17, 15) is 9.59 Å². The quantitative estimate of drug-likeness (QED) is 0.863. The topological polar surface area (TPSA) is 96.7 Å². The molecule has 1 unspecified atom stereocenters. The van der Waals surface area contributed by atoms with Gasteiger partial charge >= 0.3 is 12.0 Å². The lowest BCUT2D eigenvalue weighted by molar-refractivity contribution is -0.141. The van der Waals surface area contributed by atoms with Gasteiger partial charge in [0.15, 0.2) is 5.82 Å². The minimum absolute atomic E-state index is 0.230. The monoisotopic (exact) mass is 344 g/mol. The number of benzene rings is 1. The highest BCUT2D eigenvalue weighted by Gasteiger charge is 2.31. The van der Waals surface area contributed by atoms with Gasteiger partial charge in [0.05, 0.1) is 19.6 Å². The summed E-state index contributed by atoms with van der Waals surface area (Å²) in [6.07, 6.45) is 2.26. The second-order valence-electron chi connectivity index (χ2n) is 5.95. The molecule has 25 heavy (non-hydrogen) atoms. The Morgan fingerprint density at radius 3 is 2.72 bits per heavy atom. The number of likely N-dealkylation sites (tertiary alicyclic amines) is 1. The lowest BCUT2D eigenvalue weighted by Gasteiger charge is -2.15. The predicted molar refractivity (Wildman–Crippen MR) is 90.7 cm³/mol. The Kier molecular flexibility index (Phi) is 4.87. The molecule has 1 aromatic heterocycles. The van der Waals surface area contributed by atoms with Crippen LogP contribution in [0, 0.1) is 5.92 Å². The number of carbonyl (C=O) groups is 2. The number of nitrogens with zero attached hydrogens (tertiary/aromatic N) is 3. The lowest BCUT2D eigenvalue weighted by atomic mass is 10.1. The molecule has 3 rings (SSSR count). The summed E-state index contributed by atoms with van der Waals surface area (Å²) < 4.78 is 6.85. The highest BCUT2D eigenvalue weighted by Crippen LogP contribution is 2.18. The van der Waals surface area contributed by atoms with Crippen molar-refractivity contribution in [2.75, 3.05) is 25.5 Å². The second kappa shape index (κ2) is 7.25. The van der Waals surface area contributed by atoms with Gasteiger partial charge in [-0.1, -0.05) is 12.1 Å². The number of carboxylic acid groups (broad SMARTS) is 1. The highest BCUT2D eigenvalue weighted by molar-refractivity contribution is 5.89. The van der Waals surface area contributed by atoms with Gasteiger partial charge in [0, 0.05) is 25.4 Å². The molecule has 1 aromatic carbocycles. The summed E-state index contributed by atoms with van der Waals surface area (Å²) in [5, 5.41) is 16.0. The number of aromatic nitrogens is 2. The van der Waals surface area contributed by atoms with Crippen LogP contribution >= 0.6 is 0 Å². The van der Waals surface area contributed by atoms with Crippen LogP contribution in [-0.4, -0.2) is 52.0 Å². The Labute approximate surface area is 145 Å². The molecule has 1 aliphatic heterocycles. The fourth-order valence-corrected chi connectivity index (χ4v) is 2.77. The van der Waals surface area contributed by atoms with Crippen molar-refractivity contribution in [1.29, 1.82) is 0 Å². The van der Waals surface area contributed by atoms with E-state index in [0.717, 1.165) is 11.3 Å². The number of nitrogens with one attached hydrogen (secondary N) is 1. The largest absolute Gasteiger partial charge is 0.497 e. The SMILES string of the molecule is COc1ccc(Cn2ccc(NC(=O)N3CCC(C(=O)O)C3)n2)cc1. The number of anilines is 1. The van der Waals surface area contributed by atoms with Crippen LogP contribution in [0.2, 0.25) is 0 Å². The van der Waals surface area contributed by atoms with Gasteiger partial charge in [-0.2, -0.15) is 5.10 Å². The van der Waals surface area contributed by atoms with Crippen molar-refractivity contribution in [1.82, 2.24) is 14.7 Å². The first kappa shape index (κ1) is 16.8. The maximum Gasteiger partial charge on any atom is 0.323 e. The van der Waals surface area contributed by atoms with Gasteiger partial charge in [0.2, 0.25) is 0 Å². The number of ether oxygens (including phenoxy) is 1. The van der Waals surface area contributed by atoms with Crippen molar-refractivity contribution in [3.8, 4) is 5.75 Å².